The average molecular weight is 334 g/mol. The third kappa shape index (κ3) is 1.91. The maximum atomic E-state index is 13.0. The first-order chi connectivity index (χ1) is 10.6. The highest BCUT2D eigenvalue weighted by atomic mass is 35.5. The topological polar surface area (TPSA) is 53.5 Å². The van der Waals surface area contributed by atoms with E-state index < -0.39 is 4.87 Å². The van der Waals surface area contributed by atoms with Crippen LogP contribution in [0.15, 0.2) is 47.6 Å². The minimum Gasteiger partial charge on any atom is -0.323 e. The van der Waals surface area contributed by atoms with Gasteiger partial charge in [-0.15, -0.1) is 0 Å². The van der Waals surface area contributed by atoms with Gasteiger partial charge in [0.05, 0.1) is 0 Å². The van der Waals surface area contributed by atoms with Gasteiger partial charge in [-0.3, -0.25) is 10.2 Å². The molecule has 4 rings (SSSR count). The second-order valence-electron chi connectivity index (χ2n) is 4.96. The summed E-state index contributed by atoms with van der Waals surface area (Å²) in [6, 6.07) is 11.2. The van der Waals surface area contributed by atoms with Gasteiger partial charge in [0.1, 0.15) is 10.9 Å². The number of carbonyl (C=O) groups excluding carboxylic acids is 1. The van der Waals surface area contributed by atoms with Crippen molar-refractivity contribution in [2.75, 3.05) is 5.32 Å². The molecule has 2 aliphatic rings. The Morgan fingerprint density at radius 1 is 1.18 bits per heavy atom. The SMILES string of the molecule is O=C1Nc2ccc(Cl)cc2C12NN=C(c1ccc(F)cc1)S2. The van der Waals surface area contributed by atoms with E-state index in [4.69, 9.17) is 11.6 Å². The fourth-order valence-electron chi connectivity index (χ4n) is 2.50. The van der Waals surface area contributed by atoms with E-state index in [-0.39, 0.29) is 11.7 Å². The number of thioether (sulfide) groups is 1. The van der Waals surface area contributed by atoms with Crippen molar-refractivity contribution in [2.24, 2.45) is 5.10 Å². The number of anilines is 1. The lowest BCUT2D eigenvalue weighted by atomic mass is 10.1. The molecule has 2 aromatic rings. The number of nitrogens with one attached hydrogen (secondary N) is 2. The van der Waals surface area contributed by atoms with Gasteiger partial charge in [0.2, 0.25) is 4.87 Å². The summed E-state index contributed by atoms with van der Waals surface area (Å²) >= 11 is 7.33. The Hall–Kier alpha value is -2.05. The Balaban J connectivity index is 1.73. The molecule has 0 saturated carbocycles. The molecule has 0 aromatic heterocycles. The van der Waals surface area contributed by atoms with Gasteiger partial charge in [-0.25, -0.2) is 4.39 Å². The Labute approximate surface area is 134 Å². The Kier molecular flexibility index (Phi) is 2.92. The summed E-state index contributed by atoms with van der Waals surface area (Å²) in [5.41, 5.74) is 5.12. The van der Waals surface area contributed by atoms with Crippen molar-refractivity contribution in [2.45, 2.75) is 4.87 Å². The summed E-state index contributed by atoms with van der Waals surface area (Å²) in [5.74, 6) is -0.513. The molecule has 22 heavy (non-hydrogen) atoms. The number of benzene rings is 2. The molecule has 2 aromatic carbocycles. The first-order valence-electron chi connectivity index (χ1n) is 6.50. The molecule has 1 unspecified atom stereocenters. The fraction of sp³-hybridized carbons (Fsp3) is 0.0667. The molecule has 1 spiro atoms. The molecule has 4 nitrogen and oxygen atoms in total. The van der Waals surface area contributed by atoms with E-state index in [0.717, 1.165) is 11.1 Å². The monoisotopic (exact) mass is 333 g/mol. The van der Waals surface area contributed by atoms with E-state index in [1.807, 2.05) is 0 Å². The van der Waals surface area contributed by atoms with Crippen molar-refractivity contribution < 1.29 is 9.18 Å². The van der Waals surface area contributed by atoms with Crippen molar-refractivity contribution in [3.63, 3.8) is 0 Å². The number of nitrogens with zero attached hydrogens (tertiary/aromatic N) is 1. The zero-order valence-electron chi connectivity index (χ0n) is 11.1. The molecule has 0 saturated heterocycles. The summed E-state index contributed by atoms with van der Waals surface area (Å²) in [7, 11) is 0. The first kappa shape index (κ1) is 13.6. The van der Waals surface area contributed by atoms with E-state index >= 15 is 0 Å². The van der Waals surface area contributed by atoms with E-state index in [0.29, 0.717) is 15.8 Å². The molecule has 0 bridgehead atoms. The summed E-state index contributed by atoms with van der Waals surface area (Å²) in [4.78, 5) is 11.4. The van der Waals surface area contributed by atoms with E-state index in [1.165, 1.54) is 23.9 Å². The van der Waals surface area contributed by atoms with Crippen LogP contribution in [0.1, 0.15) is 11.1 Å². The zero-order chi connectivity index (χ0) is 15.3. The van der Waals surface area contributed by atoms with Gasteiger partial charge in [0.15, 0.2) is 0 Å². The number of carbonyl (C=O) groups is 1. The molecule has 2 heterocycles. The lowest BCUT2D eigenvalue weighted by Gasteiger charge is -2.19. The van der Waals surface area contributed by atoms with Crippen LogP contribution in [0.2, 0.25) is 5.02 Å². The van der Waals surface area contributed by atoms with Crippen LogP contribution in [0.5, 0.6) is 0 Å². The fourth-order valence-corrected chi connectivity index (χ4v) is 3.82. The number of hydrogen-bond acceptors (Lipinski definition) is 4. The number of fused-ring (bicyclic) bond motifs is 2. The van der Waals surface area contributed by atoms with Gasteiger partial charge in [-0.2, -0.15) is 5.10 Å². The predicted molar refractivity (Wildman–Crippen MR) is 85.4 cm³/mol. The van der Waals surface area contributed by atoms with Crippen molar-refractivity contribution >= 4 is 40.0 Å². The van der Waals surface area contributed by atoms with E-state index in [9.17, 15) is 9.18 Å². The van der Waals surface area contributed by atoms with Crippen LogP contribution >= 0.6 is 23.4 Å². The quantitative estimate of drug-likeness (QED) is 0.842. The molecule has 2 aliphatic heterocycles. The van der Waals surface area contributed by atoms with Gasteiger partial charge in [0, 0.05) is 21.8 Å². The van der Waals surface area contributed by atoms with Crippen LogP contribution in [-0.4, -0.2) is 11.0 Å². The largest absolute Gasteiger partial charge is 0.323 e. The summed E-state index contributed by atoms with van der Waals surface area (Å²) in [5, 5.41) is 8.25. The molecule has 1 atom stereocenters. The standard InChI is InChI=1S/C15H9ClFN3OS/c16-9-3-6-12-11(7-9)15(14(21)18-12)20-19-13(22-15)8-1-4-10(17)5-2-8/h1-7,20H,(H,18,21). The van der Waals surface area contributed by atoms with Crippen LogP contribution in [0.25, 0.3) is 0 Å². The second kappa shape index (κ2) is 4.72. The molecule has 2 N–H and O–H groups in total. The molecular weight excluding hydrogens is 325 g/mol. The zero-order valence-corrected chi connectivity index (χ0v) is 12.6. The highest BCUT2D eigenvalue weighted by Crippen LogP contribution is 2.48. The summed E-state index contributed by atoms with van der Waals surface area (Å²) < 4.78 is 13.0. The third-order valence-electron chi connectivity index (χ3n) is 3.58. The Bertz CT molecular complexity index is 824. The minimum atomic E-state index is -1.02. The lowest BCUT2D eigenvalue weighted by Crippen LogP contribution is -2.39. The normalized spacial score (nSPS) is 22.3. The van der Waals surface area contributed by atoms with Crippen molar-refractivity contribution in [1.29, 1.82) is 0 Å². The molecule has 1 amide bonds. The maximum absolute atomic E-state index is 13.0. The van der Waals surface area contributed by atoms with E-state index in [2.05, 4.69) is 15.8 Å². The molecule has 7 heteroatoms. The maximum Gasteiger partial charge on any atom is 0.267 e. The number of hydrazone groups is 1. The Morgan fingerprint density at radius 2 is 1.95 bits per heavy atom. The third-order valence-corrected chi connectivity index (χ3v) is 5.14. The molecule has 110 valence electrons. The van der Waals surface area contributed by atoms with Crippen molar-refractivity contribution in [3.8, 4) is 0 Å². The van der Waals surface area contributed by atoms with Crippen molar-refractivity contribution in [1.82, 2.24) is 5.43 Å². The second-order valence-corrected chi connectivity index (χ2v) is 6.60. The number of amides is 1. The lowest BCUT2D eigenvalue weighted by molar-refractivity contribution is -0.118. The predicted octanol–water partition coefficient (Wildman–Crippen LogP) is 3.28. The van der Waals surface area contributed by atoms with Gasteiger partial charge >= 0.3 is 0 Å². The molecular formula is C15H9ClFN3OS. The molecule has 0 fully saturated rings. The minimum absolute atomic E-state index is 0.198. The van der Waals surface area contributed by atoms with Crippen LogP contribution in [-0.2, 0) is 9.67 Å². The van der Waals surface area contributed by atoms with Gasteiger partial charge in [-0.1, -0.05) is 23.4 Å². The van der Waals surface area contributed by atoms with Crippen molar-refractivity contribution in [3.05, 3.63) is 64.4 Å². The van der Waals surface area contributed by atoms with E-state index in [1.54, 1.807) is 30.3 Å². The smallest absolute Gasteiger partial charge is 0.267 e. The van der Waals surface area contributed by atoms with Gasteiger partial charge < -0.3 is 5.32 Å². The number of halogens is 2. The van der Waals surface area contributed by atoms with Crippen LogP contribution in [0.4, 0.5) is 10.1 Å². The molecule has 0 radical (unpaired) electrons. The van der Waals surface area contributed by atoms with Crippen LogP contribution < -0.4 is 10.7 Å². The first-order valence-corrected chi connectivity index (χ1v) is 7.69. The summed E-state index contributed by atoms with van der Waals surface area (Å²) in [6.07, 6.45) is 0. The number of rotatable bonds is 1. The van der Waals surface area contributed by atoms with Gasteiger partial charge in [0.25, 0.3) is 5.91 Å². The highest BCUT2D eigenvalue weighted by Gasteiger charge is 2.52. The number of hydrogen-bond donors (Lipinski definition) is 2. The summed E-state index contributed by atoms with van der Waals surface area (Å²) in [6.45, 7) is 0. The highest BCUT2D eigenvalue weighted by molar-refractivity contribution is 8.16. The molecule has 0 aliphatic carbocycles. The van der Waals surface area contributed by atoms with Crippen LogP contribution in [0, 0.1) is 5.82 Å². The van der Waals surface area contributed by atoms with Crippen LogP contribution in [0.3, 0.4) is 0 Å². The Morgan fingerprint density at radius 3 is 2.73 bits per heavy atom. The average Bonchev–Trinajstić information content (AvgIpc) is 3.06. The van der Waals surface area contributed by atoms with Gasteiger partial charge in [-0.05, 0) is 42.5 Å².